The Morgan fingerprint density at radius 2 is 1.74 bits per heavy atom. The molecular formula is C24H23N3O3S. The van der Waals surface area contributed by atoms with Crippen LogP contribution >= 0.6 is 11.3 Å². The van der Waals surface area contributed by atoms with Crippen LogP contribution in [0.15, 0.2) is 69.6 Å². The number of para-hydroxylation sites is 1. The number of aryl methyl sites for hydroxylation is 1. The Morgan fingerprint density at radius 1 is 1.00 bits per heavy atom. The minimum Gasteiger partial charge on any atom is -0.311 e. The predicted octanol–water partition coefficient (Wildman–Crippen LogP) is 3.88. The highest BCUT2D eigenvalue weighted by Crippen LogP contribution is 2.20. The van der Waals surface area contributed by atoms with Gasteiger partial charge < -0.3 is 4.90 Å². The second-order valence-corrected chi connectivity index (χ2v) is 8.25. The Kier molecular flexibility index (Phi) is 5.61. The molecule has 2 aromatic carbocycles. The maximum atomic E-state index is 13.5. The zero-order chi connectivity index (χ0) is 22.1. The van der Waals surface area contributed by atoms with E-state index in [1.165, 1.54) is 20.5 Å². The van der Waals surface area contributed by atoms with Crippen molar-refractivity contribution in [2.45, 2.75) is 27.3 Å². The van der Waals surface area contributed by atoms with E-state index in [2.05, 4.69) is 0 Å². The molecule has 1 amide bonds. The topological polar surface area (TPSA) is 64.3 Å². The average molecular weight is 434 g/mol. The van der Waals surface area contributed by atoms with Crippen LogP contribution in [0.25, 0.3) is 15.9 Å². The fraction of sp³-hybridized carbons (Fsp3) is 0.208. The Hall–Kier alpha value is -3.45. The normalized spacial score (nSPS) is 11.1. The standard InChI is InChI=1S/C24H23N3O3S/c1-4-25(18-10-6-5-7-11-18)21(28)15-26-20-13-14-31-22(20)23(29)27(24(26)30)19-12-8-9-16(2)17(19)3/h5-14H,4,15H2,1-3H3. The molecule has 2 heterocycles. The number of rotatable bonds is 5. The number of carbonyl (C=O) groups is 1. The van der Waals surface area contributed by atoms with Crippen LogP contribution in [0.4, 0.5) is 5.69 Å². The summed E-state index contributed by atoms with van der Waals surface area (Å²) in [5.41, 5.74) is 2.77. The van der Waals surface area contributed by atoms with Crippen LogP contribution < -0.4 is 16.1 Å². The second-order valence-electron chi connectivity index (χ2n) is 7.34. The van der Waals surface area contributed by atoms with E-state index in [4.69, 9.17) is 0 Å². The number of benzene rings is 2. The molecule has 7 heteroatoms. The SMILES string of the molecule is CCN(C(=O)Cn1c(=O)n(-c2cccc(C)c2C)c(=O)c2sccc21)c1ccccc1. The van der Waals surface area contributed by atoms with Gasteiger partial charge in [-0.3, -0.25) is 14.2 Å². The third kappa shape index (κ3) is 3.61. The number of carbonyl (C=O) groups excluding carboxylic acids is 1. The molecule has 4 aromatic rings. The summed E-state index contributed by atoms with van der Waals surface area (Å²) >= 11 is 1.28. The number of aromatic nitrogens is 2. The van der Waals surface area contributed by atoms with Crippen molar-refractivity contribution in [3.05, 3.63) is 91.9 Å². The summed E-state index contributed by atoms with van der Waals surface area (Å²) in [6, 6.07) is 16.6. The largest absolute Gasteiger partial charge is 0.336 e. The highest BCUT2D eigenvalue weighted by Gasteiger charge is 2.21. The molecule has 0 aliphatic heterocycles. The average Bonchev–Trinajstić information content (AvgIpc) is 3.26. The van der Waals surface area contributed by atoms with Crippen LogP contribution in [0.2, 0.25) is 0 Å². The van der Waals surface area contributed by atoms with Crippen molar-refractivity contribution < 1.29 is 4.79 Å². The van der Waals surface area contributed by atoms with Crippen LogP contribution in [0.3, 0.4) is 0 Å². The molecule has 31 heavy (non-hydrogen) atoms. The van der Waals surface area contributed by atoms with Gasteiger partial charge in [0.05, 0.1) is 11.2 Å². The summed E-state index contributed by atoms with van der Waals surface area (Å²) in [7, 11) is 0. The molecule has 6 nitrogen and oxygen atoms in total. The summed E-state index contributed by atoms with van der Waals surface area (Å²) in [4.78, 5) is 41.5. The molecule has 4 rings (SSSR count). The molecule has 0 aliphatic carbocycles. The van der Waals surface area contributed by atoms with Crippen LogP contribution in [0.1, 0.15) is 18.1 Å². The minimum atomic E-state index is -0.512. The molecule has 0 saturated heterocycles. The number of fused-ring (bicyclic) bond motifs is 1. The highest BCUT2D eigenvalue weighted by molar-refractivity contribution is 7.17. The number of amides is 1. The summed E-state index contributed by atoms with van der Waals surface area (Å²) in [6.07, 6.45) is 0. The Balaban J connectivity index is 1.88. The first-order chi connectivity index (χ1) is 14.9. The number of thiophene rings is 1. The first kappa shape index (κ1) is 20.8. The molecule has 0 radical (unpaired) electrons. The lowest BCUT2D eigenvalue weighted by Gasteiger charge is -2.22. The van der Waals surface area contributed by atoms with E-state index < -0.39 is 5.69 Å². The number of hydrogen-bond acceptors (Lipinski definition) is 4. The van der Waals surface area contributed by atoms with E-state index in [1.54, 1.807) is 22.4 Å². The zero-order valence-electron chi connectivity index (χ0n) is 17.7. The Morgan fingerprint density at radius 3 is 2.45 bits per heavy atom. The van der Waals surface area contributed by atoms with E-state index in [0.29, 0.717) is 22.4 Å². The fourth-order valence-corrected chi connectivity index (χ4v) is 4.59. The monoisotopic (exact) mass is 433 g/mol. The lowest BCUT2D eigenvalue weighted by Crippen LogP contribution is -2.42. The van der Waals surface area contributed by atoms with Gasteiger partial charge in [0.2, 0.25) is 5.91 Å². The Labute approximate surface area is 183 Å². The Bertz CT molecular complexity index is 1380. The van der Waals surface area contributed by atoms with Gasteiger partial charge >= 0.3 is 5.69 Å². The van der Waals surface area contributed by atoms with Gasteiger partial charge in [-0.05, 0) is 61.5 Å². The molecule has 0 bridgehead atoms. The summed E-state index contributed by atoms with van der Waals surface area (Å²) in [5.74, 6) is -0.213. The van der Waals surface area contributed by atoms with Gasteiger partial charge in [-0.15, -0.1) is 11.3 Å². The fourth-order valence-electron chi connectivity index (χ4n) is 3.76. The van der Waals surface area contributed by atoms with E-state index in [9.17, 15) is 14.4 Å². The van der Waals surface area contributed by atoms with Crippen molar-refractivity contribution in [2.75, 3.05) is 11.4 Å². The number of hydrogen-bond donors (Lipinski definition) is 0. The molecule has 0 aliphatic rings. The van der Waals surface area contributed by atoms with Gasteiger partial charge in [0.15, 0.2) is 0 Å². The van der Waals surface area contributed by atoms with E-state index in [0.717, 1.165) is 16.8 Å². The molecule has 0 unspecified atom stereocenters. The molecule has 158 valence electrons. The molecule has 0 fully saturated rings. The summed E-state index contributed by atoms with van der Waals surface area (Å²) in [6.45, 7) is 6.04. The number of likely N-dealkylation sites (N-methyl/N-ethyl adjacent to an activating group) is 1. The van der Waals surface area contributed by atoms with Crippen molar-refractivity contribution in [3.8, 4) is 5.69 Å². The van der Waals surface area contributed by atoms with Gasteiger partial charge in [0.1, 0.15) is 11.2 Å². The van der Waals surface area contributed by atoms with Crippen LogP contribution in [0, 0.1) is 13.8 Å². The quantitative estimate of drug-likeness (QED) is 0.480. The third-order valence-corrected chi connectivity index (χ3v) is 6.44. The first-order valence-corrected chi connectivity index (χ1v) is 11.0. The maximum absolute atomic E-state index is 13.5. The van der Waals surface area contributed by atoms with Crippen molar-refractivity contribution in [1.29, 1.82) is 0 Å². The van der Waals surface area contributed by atoms with Crippen molar-refractivity contribution in [3.63, 3.8) is 0 Å². The van der Waals surface area contributed by atoms with Crippen molar-refractivity contribution in [2.24, 2.45) is 0 Å². The van der Waals surface area contributed by atoms with E-state index in [-0.39, 0.29) is 18.0 Å². The van der Waals surface area contributed by atoms with Crippen molar-refractivity contribution >= 4 is 33.1 Å². The molecule has 0 saturated carbocycles. The zero-order valence-corrected chi connectivity index (χ0v) is 18.5. The number of nitrogens with zero attached hydrogens (tertiary/aromatic N) is 3. The van der Waals surface area contributed by atoms with E-state index >= 15 is 0 Å². The number of anilines is 1. The van der Waals surface area contributed by atoms with Gasteiger partial charge in [0.25, 0.3) is 5.56 Å². The lowest BCUT2D eigenvalue weighted by atomic mass is 10.1. The lowest BCUT2D eigenvalue weighted by molar-refractivity contribution is -0.119. The highest BCUT2D eigenvalue weighted by atomic mass is 32.1. The first-order valence-electron chi connectivity index (χ1n) is 10.1. The molecular weight excluding hydrogens is 410 g/mol. The van der Waals surface area contributed by atoms with Gasteiger partial charge in [-0.1, -0.05) is 30.3 Å². The molecule has 0 N–H and O–H groups in total. The summed E-state index contributed by atoms with van der Waals surface area (Å²) in [5, 5.41) is 1.77. The maximum Gasteiger partial charge on any atom is 0.336 e. The summed E-state index contributed by atoms with van der Waals surface area (Å²) < 4.78 is 3.05. The van der Waals surface area contributed by atoms with Crippen LogP contribution in [0.5, 0.6) is 0 Å². The van der Waals surface area contributed by atoms with Crippen molar-refractivity contribution in [1.82, 2.24) is 9.13 Å². The molecule has 0 atom stereocenters. The second kappa shape index (κ2) is 8.35. The van der Waals surface area contributed by atoms with Gasteiger partial charge in [0, 0.05) is 12.2 Å². The third-order valence-electron chi connectivity index (χ3n) is 5.55. The smallest absolute Gasteiger partial charge is 0.311 e. The van der Waals surface area contributed by atoms with Gasteiger partial charge in [-0.25, -0.2) is 9.36 Å². The molecule has 0 spiro atoms. The molecule has 2 aromatic heterocycles. The van der Waals surface area contributed by atoms with Gasteiger partial charge in [-0.2, -0.15) is 0 Å². The van der Waals surface area contributed by atoms with E-state index in [1.807, 2.05) is 63.2 Å². The minimum absolute atomic E-state index is 0.153. The van der Waals surface area contributed by atoms with Crippen LogP contribution in [-0.4, -0.2) is 21.6 Å². The van der Waals surface area contributed by atoms with Crippen LogP contribution in [-0.2, 0) is 11.3 Å². The predicted molar refractivity (Wildman–Crippen MR) is 126 cm³/mol.